The van der Waals surface area contributed by atoms with E-state index in [1.165, 1.54) is 0 Å². The number of primary amides is 1. The Morgan fingerprint density at radius 2 is 1.75 bits per heavy atom. The van der Waals surface area contributed by atoms with Gasteiger partial charge in [-0.2, -0.15) is 18.9 Å². The molecule has 0 unspecified atom stereocenters. The molecule has 0 atom stereocenters. The number of benzene rings is 2. The number of carbonyl (C=O) groups excluding carboxylic acids is 1. The zero-order valence-corrected chi connectivity index (χ0v) is 17.5. The van der Waals surface area contributed by atoms with Crippen LogP contribution in [0, 0.1) is 13.8 Å². The number of amides is 1. The van der Waals surface area contributed by atoms with Crippen LogP contribution < -0.4 is 10.5 Å². The lowest BCUT2D eigenvalue weighted by Gasteiger charge is -2.18. The molecule has 0 aliphatic heterocycles. The maximum absolute atomic E-state index is 13.6. The van der Waals surface area contributed by atoms with Crippen LogP contribution >= 0.6 is 0 Å². The second-order valence-corrected chi connectivity index (χ2v) is 7.25. The number of hydrogen-bond donors (Lipinski definition) is 1. The Kier molecular flexibility index (Phi) is 5.21. The number of carbonyl (C=O) groups is 1. The van der Waals surface area contributed by atoms with Crippen LogP contribution in [0.5, 0.6) is 5.75 Å². The molecule has 0 radical (unpaired) electrons. The van der Waals surface area contributed by atoms with E-state index in [2.05, 4.69) is 20.0 Å². The highest BCUT2D eigenvalue weighted by atomic mass is 19.3. The molecule has 0 spiro atoms. The standard InChI is InChI=1S/C22H19F2N5O3/c1-12-9-15(10-13(2)18(12)31-22(23,24)21(25)30)19-26-20(32-28-19)16-11-17(29(3)27-16)14-7-5-4-6-8-14/h4-11H,1-3H3,(H2,25,30). The molecule has 4 aromatic rings. The molecule has 32 heavy (non-hydrogen) atoms. The fourth-order valence-corrected chi connectivity index (χ4v) is 3.31. The van der Waals surface area contributed by atoms with Gasteiger partial charge in [0.25, 0.3) is 5.89 Å². The van der Waals surface area contributed by atoms with Crippen LogP contribution in [0.1, 0.15) is 11.1 Å². The zero-order valence-electron chi connectivity index (χ0n) is 17.5. The van der Waals surface area contributed by atoms with Gasteiger partial charge in [0.1, 0.15) is 5.75 Å². The Labute approximate surface area is 181 Å². The lowest BCUT2D eigenvalue weighted by Crippen LogP contribution is -2.41. The van der Waals surface area contributed by atoms with E-state index in [-0.39, 0.29) is 17.5 Å². The van der Waals surface area contributed by atoms with Gasteiger partial charge in [0.15, 0.2) is 5.69 Å². The van der Waals surface area contributed by atoms with Crippen molar-refractivity contribution >= 4 is 5.91 Å². The number of aromatic nitrogens is 4. The van der Waals surface area contributed by atoms with Gasteiger partial charge in [-0.25, -0.2) is 0 Å². The van der Waals surface area contributed by atoms with Crippen molar-refractivity contribution < 1.29 is 22.8 Å². The van der Waals surface area contributed by atoms with Crippen molar-refractivity contribution in [1.82, 2.24) is 19.9 Å². The number of hydrogen-bond acceptors (Lipinski definition) is 6. The monoisotopic (exact) mass is 439 g/mol. The summed E-state index contributed by atoms with van der Waals surface area (Å²) >= 11 is 0. The first-order valence-corrected chi connectivity index (χ1v) is 9.57. The average Bonchev–Trinajstić information content (AvgIpc) is 3.38. The third-order valence-electron chi connectivity index (χ3n) is 4.83. The van der Waals surface area contributed by atoms with Crippen LogP contribution in [0.4, 0.5) is 8.78 Å². The maximum atomic E-state index is 13.6. The van der Waals surface area contributed by atoms with Crippen molar-refractivity contribution in [2.24, 2.45) is 12.8 Å². The Balaban J connectivity index is 1.64. The van der Waals surface area contributed by atoms with Crippen molar-refractivity contribution in [2.75, 3.05) is 0 Å². The van der Waals surface area contributed by atoms with Crippen LogP contribution in [0.2, 0.25) is 0 Å². The highest BCUT2D eigenvalue weighted by molar-refractivity contribution is 5.80. The molecule has 0 saturated carbocycles. The van der Waals surface area contributed by atoms with Crippen LogP contribution in [0.15, 0.2) is 53.1 Å². The van der Waals surface area contributed by atoms with E-state index in [0.717, 1.165) is 11.3 Å². The van der Waals surface area contributed by atoms with Crippen molar-refractivity contribution in [3.63, 3.8) is 0 Å². The topological polar surface area (TPSA) is 109 Å². The van der Waals surface area contributed by atoms with Gasteiger partial charge in [0, 0.05) is 12.6 Å². The fourth-order valence-electron chi connectivity index (χ4n) is 3.31. The predicted octanol–water partition coefficient (Wildman–Crippen LogP) is 3.88. The zero-order chi connectivity index (χ0) is 23.0. The van der Waals surface area contributed by atoms with E-state index in [1.54, 1.807) is 30.7 Å². The summed E-state index contributed by atoms with van der Waals surface area (Å²) in [7, 11) is 1.82. The first-order chi connectivity index (χ1) is 15.2. The van der Waals surface area contributed by atoms with Crippen LogP contribution in [-0.4, -0.2) is 31.9 Å². The maximum Gasteiger partial charge on any atom is 0.482 e. The SMILES string of the molecule is Cc1cc(-c2noc(-c3cc(-c4ccccc4)n(C)n3)n2)cc(C)c1OC(F)(F)C(N)=O. The van der Waals surface area contributed by atoms with Crippen molar-refractivity contribution in [3.05, 3.63) is 59.7 Å². The molecule has 0 saturated heterocycles. The van der Waals surface area contributed by atoms with Gasteiger partial charge in [-0.05, 0) is 48.7 Å². The van der Waals surface area contributed by atoms with Gasteiger partial charge in [-0.15, -0.1) is 0 Å². The second-order valence-electron chi connectivity index (χ2n) is 7.25. The summed E-state index contributed by atoms with van der Waals surface area (Å²) < 4.78 is 38.9. The molecule has 164 valence electrons. The highest BCUT2D eigenvalue weighted by Crippen LogP contribution is 2.33. The second kappa shape index (κ2) is 7.88. The van der Waals surface area contributed by atoms with Gasteiger partial charge in [0.2, 0.25) is 5.82 Å². The summed E-state index contributed by atoms with van der Waals surface area (Å²) in [5.41, 5.74) is 8.31. The lowest BCUT2D eigenvalue weighted by atomic mass is 10.1. The van der Waals surface area contributed by atoms with Crippen molar-refractivity contribution in [2.45, 2.75) is 20.0 Å². The van der Waals surface area contributed by atoms with Crippen LogP contribution in [0.3, 0.4) is 0 Å². The molecule has 2 aromatic heterocycles. The van der Waals surface area contributed by atoms with Crippen molar-refractivity contribution in [1.29, 1.82) is 0 Å². The molecular weight excluding hydrogens is 420 g/mol. The molecule has 4 rings (SSSR count). The minimum absolute atomic E-state index is 0.140. The van der Waals surface area contributed by atoms with Crippen LogP contribution in [0.25, 0.3) is 34.2 Å². The smallest absolute Gasteiger partial charge is 0.425 e. The number of rotatable bonds is 6. The third kappa shape index (κ3) is 3.94. The molecule has 0 aliphatic rings. The first-order valence-electron chi connectivity index (χ1n) is 9.57. The molecule has 2 aromatic carbocycles. The number of alkyl halides is 2. The number of ether oxygens (including phenoxy) is 1. The molecule has 0 bridgehead atoms. The number of nitrogens with two attached hydrogens (primary N) is 1. The largest absolute Gasteiger partial charge is 0.482 e. The summed E-state index contributed by atoms with van der Waals surface area (Å²) in [5, 5.41) is 8.43. The lowest BCUT2D eigenvalue weighted by molar-refractivity contribution is -0.189. The van der Waals surface area contributed by atoms with E-state index in [4.69, 9.17) is 10.3 Å². The molecule has 1 amide bonds. The molecule has 2 heterocycles. The number of halogens is 2. The quantitative estimate of drug-likeness (QED) is 0.488. The molecule has 2 N–H and O–H groups in total. The Hall–Kier alpha value is -4.08. The summed E-state index contributed by atoms with van der Waals surface area (Å²) in [4.78, 5) is 15.3. The summed E-state index contributed by atoms with van der Waals surface area (Å²) in [5.74, 6) is -1.54. The Morgan fingerprint density at radius 1 is 1.09 bits per heavy atom. The third-order valence-corrected chi connectivity index (χ3v) is 4.83. The van der Waals surface area contributed by atoms with Gasteiger partial charge in [-0.1, -0.05) is 35.5 Å². The van der Waals surface area contributed by atoms with E-state index in [9.17, 15) is 13.6 Å². The number of aryl methyl sites for hydroxylation is 3. The normalized spacial score (nSPS) is 11.5. The molecule has 0 aliphatic carbocycles. The van der Waals surface area contributed by atoms with Crippen molar-refractivity contribution in [3.8, 4) is 40.0 Å². The molecular formula is C22H19F2N5O3. The van der Waals surface area contributed by atoms with E-state index < -0.39 is 12.0 Å². The molecule has 8 nitrogen and oxygen atoms in total. The minimum Gasteiger partial charge on any atom is -0.425 e. The van der Waals surface area contributed by atoms with E-state index in [1.807, 2.05) is 43.4 Å². The van der Waals surface area contributed by atoms with Crippen LogP contribution in [-0.2, 0) is 11.8 Å². The fraction of sp³-hybridized carbons (Fsp3) is 0.182. The molecule has 10 heteroatoms. The minimum atomic E-state index is -4.12. The Morgan fingerprint density at radius 3 is 2.38 bits per heavy atom. The van der Waals surface area contributed by atoms with Gasteiger partial charge in [-0.3, -0.25) is 9.48 Å². The predicted molar refractivity (Wildman–Crippen MR) is 112 cm³/mol. The first kappa shape index (κ1) is 21.2. The van der Waals surface area contributed by atoms with E-state index in [0.29, 0.717) is 22.4 Å². The van der Waals surface area contributed by atoms with Gasteiger partial charge >= 0.3 is 12.0 Å². The Bertz CT molecular complexity index is 1280. The average molecular weight is 439 g/mol. The highest BCUT2D eigenvalue weighted by Gasteiger charge is 2.40. The summed E-state index contributed by atoms with van der Waals surface area (Å²) in [6, 6.07) is 14.7. The summed E-state index contributed by atoms with van der Waals surface area (Å²) in [6.07, 6.45) is -4.12. The van der Waals surface area contributed by atoms with E-state index >= 15 is 0 Å². The molecule has 0 fully saturated rings. The van der Waals surface area contributed by atoms with Gasteiger partial charge < -0.3 is 15.0 Å². The summed E-state index contributed by atoms with van der Waals surface area (Å²) in [6.45, 7) is 3.13. The number of nitrogens with zero attached hydrogens (tertiary/aromatic N) is 4. The van der Waals surface area contributed by atoms with Gasteiger partial charge in [0.05, 0.1) is 5.69 Å².